The Bertz CT molecular complexity index is 521. The summed E-state index contributed by atoms with van der Waals surface area (Å²) in [5, 5.41) is 15.3. The summed E-state index contributed by atoms with van der Waals surface area (Å²) in [7, 11) is 0. The summed E-state index contributed by atoms with van der Waals surface area (Å²) in [5.41, 5.74) is 3.01. The first kappa shape index (κ1) is 11.4. The van der Waals surface area contributed by atoms with E-state index >= 15 is 0 Å². The van der Waals surface area contributed by atoms with Gasteiger partial charge in [0.05, 0.1) is 6.20 Å². The molecule has 1 aliphatic rings. The lowest BCUT2D eigenvalue weighted by Gasteiger charge is -2.00. The number of carboxylic acids is 1. The Balaban J connectivity index is 2.33. The molecule has 2 rings (SSSR count). The lowest BCUT2D eigenvalue weighted by Crippen LogP contribution is -2.00. The van der Waals surface area contributed by atoms with Crippen molar-refractivity contribution in [3.63, 3.8) is 0 Å². The van der Waals surface area contributed by atoms with Crippen LogP contribution in [0.1, 0.15) is 35.8 Å². The molecule has 0 saturated carbocycles. The smallest absolute Gasteiger partial charge is 0.354 e. The van der Waals surface area contributed by atoms with Crippen LogP contribution in [0.4, 0.5) is 0 Å². The maximum Gasteiger partial charge on any atom is 0.354 e. The fourth-order valence-electron chi connectivity index (χ4n) is 1.79. The molecule has 1 aliphatic carbocycles. The quantitative estimate of drug-likeness (QED) is 0.839. The lowest BCUT2D eigenvalue weighted by molar-refractivity contribution is 0.0690. The van der Waals surface area contributed by atoms with E-state index < -0.39 is 5.97 Å². The second kappa shape index (κ2) is 4.82. The molecule has 0 spiro atoms. The molecule has 4 heteroatoms. The fourth-order valence-corrected chi connectivity index (χ4v) is 1.79. The molecular weight excluding hydrogens is 216 g/mol. The highest BCUT2D eigenvalue weighted by molar-refractivity contribution is 5.93. The third-order valence-electron chi connectivity index (χ3n) is 2.81. The molecule has 1 aromatic heterocycles. The summed E-state index contributed by atoms with van der Waals surface area (Å²) < 4.78 is 0. The normalized spacial score (nSPS) is 15.1. The molecule has 1 aromatic rings. The van der Waals surface area contributed by atoms with Gasteiger partial charge in [0.25, 0.3) is 0 Å². The van der Waals surface area contributed by atoms with Crippen molar-refractivity contribution in [3.8, 4) is 0 Å². The Hall–Kier alpha value is -2.10. The van der Waals surface area contributed by atoms with Crippen LogP contribution in [0.3, 0.4) is 0 Å². The van der Waals surface area contributed by atoms with Gasteiger partial charge in [-0.25, -0.2) is 4.79 Å². The van der Waals surface area contributed by atoms with Crippen molar-refractivity contribution in [1.82, 2.24) is 10.2 Å². The molecule has 0 aliphatic heterocycles. The highest BCUT2D eigenvalue weighted by atomic mass is 16.4. The molecular formula is C13H14N2O2. The van der Waals surface area contributed by atoms with Gasteiger partial charge < -0.3 is 5.11 Å². The van der Waals surface area contributed by atoms with Gasteiger partial charge in [-0.3, -0.25) is 5.10 Å². The lowest BCUT2D eigenvalue weighted by atomic mass is 10.0. The van der Waals surface area contributed by atoms with E-state index in [2.05, 4.69) is 23.2 Å². The van der Waals surface area contributed by atoms with E-state index in [1.807, 2.05) is 18.2 Å². The van der Waals surface area contributed by atoms with Crippen LogP contribution in [0.5, 0.6) is 0 Å². The van der Waals surface area contributed by atoms with E-state index in [4.69, 9.17) is 5.11 Å². The number of nitrogens with zero attached hydrogens (tertiary/aromatic N) is 1. The Kier molecular flexibility index (Phi) is 3.23. The van der Waals surface area contributed by atoms with Crippen molar-refractivity contribution < 1.29 is 9.90 Å². The molecule has 88 valence electrons. The first-order valence-corrected chi connectivity index (χ1v) is 5.55. The third-order valence-corrected chi connectivity index (χ3v) is 2.81. The number of aromatic carboxylic acids is 1. The second-order valence-corrected chi connectivity index (χ2v) is 3.87. The number of allylic oxidation sites excluding steroid dienone is 6. The number of carboxylic acid groups (broad SMARTS) is 1. The fraction of sp³-hybridized carbons (Fsp3) is 0.231. The summed E-state index contributed by atoms with van der Waals surface area (Å²) >= 11 is 0. The minimum Gasteiger partial charge on any atom is -0.477 e. The van der Waals surface area contributed by atoms with Crippen LogP contribution in [-0.2, 0) is 0 Å². The highest BCUT2D eigenvalue weighted by Gasteiger charge is 2.14. The summed E-state index contributed by atoms with van der Waals surface area (Å²) in [6.45, 7) is 2.11. The monoisotopic (exact) mass is 230 g/mol. The van der Waals surface area contributed by atoms with E-state index in [0.717, 1.165) is 18.4 Å². The average molecular weight is 230 g/mol. The molecule has 0 atom stereocenters. The van der Waals surface area contributed by atoms with Crippen molar-refractivity contribution >= 4 is 11.5 Å². The number of rotatable bonds is 3. The SMILES string of the molecule is CCC1=CC=CC(c2cn[nH]c2C(=O)O)=CC1. The number of nitrogens with one attached hydrogen (secondary N) is 1. The third kappa shape index (κ3) is 2.36. The zero-order valence-electron chi connectivity index (χ0n) is 9.60. The molecule has 17 heavy (non-hydrogen) atoms. The minimum absolute atomic E-state index is 0.140. The van der Waals surface area contributed by atoms with Crippen LogP contribution in [0.25, 0.3) is 5.57 Å². The van der Waals surface area contributed by atoms with Crippen LogP contribution in [-0.4, -0.2) is 21.3 Å². The maximum absolute atomic E-state index is 11.0. The minimum atomic E-state index is -0.986. The van der Waals surface area contributed by atoms with Crippen molar-refractivity contribution in [2.45, 2.75) is 19.8 Å². The molecule has 0 aromatic carbocycles. The molecule has 2 N–H and O–H groups in total. The average Bonchev–Trinajstić information content (AvgIpc) is 2.68. The second-order valence-electron chi connectivity index (χ2n) is 3.87. The molecule has 0 radical (unpaired) electrons. The summed E-state index contributed by atoms with van der Waals surface area (Å²) in [6.07, 6.45) is 11.4. The van der Waals surface area contributed by atoms with Crippen molar-refractivity contribution in [1.29, 1.82) is 0 Å². The van der Waals surface area contributed by atoms with Crippen LogP contribution in [0.15, 0.2) is 36.1 Å². The highest BCUT2D eigenvalue weighted by Crippen LogP contribution is 2.23. The van der Waals surface area contributed by atoms with E-state index in [-0.39, 0.29) is 5.69 Å². The Morgan fingerprint density at radius 3 is 3.12 bits per heavy atom. The number of hydrogen-bond acceptors (Lipinski definition) is 2. The first-order chi connectivity index (χ1) is 8.22. The van der Waals surface area contributed by atoms with E-state index in [1.54, 1.807) is 6.20 Å². The molecule has 0 saturated heterocycles. The van der Waals surface area contributed by atoms with Gasteiger partial charge in [0.15, 0.2) is 5.69 Å². The van der Waals surface area contributed by atoms with Crippen LogP contribution in [0, 0.1) is 0 Å². The molecule has 0 fully saturated rings. The summed E-state index contributed by atoms with van der Waals surface area (Å²) in [5.74, 6) is -0.986. The van der Waals surface area contributed by atoms with Crippen LogP contribution >= 0.6 is 0 Å². The predicted molar refractivity (Wildman–Crippen MR) is 65.7 cm³/mol. The van der Waals surface area contributed by atoms with E-state index in [9.17, 15) is 4.79 Å². The van der Waals surface area contributed by atoms with Gasteiger partial charge in [-0.05, 0) is 18.4 Å². The number of carbonyl (C=O) groups is 1. The Labute approximate surface area is 99.4 Å². The van der Waals surface area contributed by atoms with Gasteiger partial charge in [-0.15, -0.1) is 0 Å². The number of hydrogen-bond donors (Lipinski definition) is 2. The Morgan fingerprint density at radius 2 is 2.41 bits per heavy atom. The molecule has 0 amide bonds. The molecule has 1 heterocycles. The first-order valence-electron chi connectivity index (χ1n) is 5.55. The number of H-pyrrole nitrogens is 1. The van der Waals surface area contributed by atoms with Gasteiger partial charge in [-0.1, -0.05) is 36.8 Å². The van der Waals surface area contributed by atoms with Crippen molar-refractivity contribution in [2.24, 2.45) is 0 Å². The van der Waals surface area contributed by atoms with Gasteiger partial charge >= 0.3 is 5.97 Å². The van der Waals surface area contributed by atoms with E-state index in [0.29, 0.717) is 5.56 Å². The van der Waals surface area contributed by atoms with Gasteiger partial charge in [0, 0.05) is 5.56 Å². The number of aromatic amines is 1. The predicted octanol–water partition coefficient (Wildman–Crippen LogP) is 2.79. The summed E-state index contributed by atoms with van der Waals surface area (Å²) in [4.78, 5) is 11.0. The van der Waals surface area contributed by atoms with Crippen molar-refractivity contribution in [3.05, 3.63) is 47.3 Å². The van der Waals surface area contributed by atoms with Gasteiger partial charge in [-0.2, -0.15) is 5.10 Å². The Morgan fingerprint density at radius 1 is 1.59 bits per heavy atom. The van der Waals surface area contributed by atoms with Gasteiger partial charge in [0.1, 0.15) is 0 Å². The topological polar surface area (TPSA) is 66.0 Å². The van der Waals surface area contributed by atoms with Crippen molar-refractivity contribution in [2.75, 3.05) is 0 Å². The van der Waals surface area contributed by atoms with Crippen LogP contribution < -0.4 is 0 Å². The summed E-state index contributed by atoms with van der Waals surface area (Å²) in [6, 6.07) is 0. The largest absolute Gasteiger partial charge is 0.477 e. The standard InChI is InChI=1S/C13H14N2O2/c1-2-9-4-3-5-10(7-6-9)11-8-14-15-12(11)13(16)17/h3-5,7-8H,2,6H2,1H3,(H,14,15)(H,16,17). The maximum atomic E-state index is 11.0. The molecule has 0 bridgehead atoms. The zero-order chi connectivity index (χ0) is 12.3. The number of aromatic nitrogens is 2. The van der Waals surface area contributed by atoms with E-state index in [1.165, 1.54) is 5.57 Å². The molecule has 4 nitrogen and oxygen atoms in total. The van der Waals surface area contributed by atoms with Gasteiger partial charge in [0.2, 0.25) is 0 Å². The zero-order valence-corrected chi connectivity index (χ0v) is 9.60. The molecule has 0 unspecified atom stereocenters. The van der Waals surface area contributed by atoms with Crippen LogP contribution in [0.2, 0.25) is 0 Å².